The summed E-state index contributed by atoms with van der Waals surface area (Å²) in [5, 5.41) is 10.5. The molecule has 1 fully saturated rings. The number of fused-ring (bicyclic) bond motifs is 1. The van der Waals surface area contributed by atoms with Gasteiger partial charge in [0.05, 0.1) is 0 Å². The number of rotatable bonds is 5. The van der Waals surface area contributed by atoms with Gasteiger partial charge in [-0.15, -0.1) is 0 Å². The average molecular weight is 416 g/mol. The molecule has 1 aliphatic carbocycles. The Labute approximate surface area is 181 Å². The van der Waals surface area contributed by atoms with E-state index < -0.39 is 0 Å². The molecule has 1 atom stereocenters. The van der Waals surface area contributed by atoms with Crippen molar-refractivity contribution in [1.29, 1.82) is 0 Å². The molecule has 0 bridgehead atoms. The Morgan fingerprint density at radius 3 is 2.48 bits per heavy atom. The van der Waals surface area contributed by atoms with E-state index in [1.54, 1.807) is 12.1 Å². The van der Waals surface area contributed by atoms with E-state index in [4.69, 9.17) is 4.52 Å². The summed E-state index contributed by atoms with van der Waals surface area (Å²) in [4.78, 5) is 4.58. The van der Waals surface area contributed by atoms with Crippen LogP contribution in [0.3, 0.4) is 0 Å². The van der Waals surface area contributed by atoms with Crippen LogP contribution in [0, 0.1) is 5.82 Å². The highest BCUT2D eigenvalue weighted by atomic mass is 19.1. The third kappa shape index (κ3) is 4.23. The van der Waals surface area contributed by atoms with Crippen molar-refractivity contribution in [3.63, 3.8) is 0 Å². The summed E-state index contributed by atoms with van der Waals surface area (Å²) in [6.07, 6.45) is 4.19. The van der Waals surface area contributed by atoms with E-state index in [1.807, 2.05) is 0 Å². The lowest BCUT2D eigenvalue weighted by Gasteiger charge is -2.30. The zero-order valence-corrected chi connectivity index (χ0v) is 17.6. The van der Waals surface area contributed by atoms with Gasteiger partial charge in [0.2, 0.25) is 11.7 Å². The molecule has 5 heteroatoms. The van der Waals surface area contributed by atoms with Gasteiger partial charge in [-0.25, -0.2) is 4.39 Å². The van der Waals surface area contributed by atoms with Crippen LogP contribution in [0.4, 0.5) is 4.39 Å². The molecule has 5 rings (SSSR count). The Hall–Kier alpha value is -3.05. The van der Waals surface area contributed by atoms with Gasteiger partial charge in [0.15, 0.2) is 0 Å². The minimum absolute atomic E-state index is 0.268. The lowest BCUT2D eigenvalue weighted by Crippen LogP contribution is -2.34. The summed E-state index contributed by atoms with van der Waals surface area (Å²) in [6.45, 7) is 2.25. The first-order valence-corrected chi connectivity index (χ1v) is 11.0. The van der Waals surface area contributed by atoms with Gasteiger partial charge in [0.25, 0.3) is 0 Å². The van der Waals surface area contributed by atoms with Gasteiger partial charge in [-0.2, -0.15) is 4.98 Å². The Bertz CT molecular complexity index is 1160. The Morgan fingerprint density at radius 1 is 0.935 bits per heavy atom. The van der Waals surface area contributed by atoms with Crippen LogP contribution in [0.5, 0.6) is 0 Å². The lowest BCUT2D eigenvalue weighted by atomic mass is 9.85. The van der Waals surface area contributed by atoms with Crippen LogP contribution in [0.25, 0.3) is 22.2 Å². The molecule has 0 radical (unpaired) electrons. The monoisotopic (exact) mass is 415 g/mol. The number of aromatic nitrogens is 2. The van der Waals surface area contributed by atoms with Gasteiger partial charge in [-0.1, -0.05) is 47.6 Å². The molecular weight excluding hydrogens is 389 g/mol. The van der Waals surface area contributed by atoms with Crippen LogP contribution in [-0.2, 0) is 0 Å². The fraction of sp³-hybridized carbons (Fsp3) is 0.308. The Balaban J connectivity index is 1.21. The van der Waals surface area contributed by atoms with Crippen molar-refractivity contribution < 1.29 is 8.91 Å². The molecule has 31 heavy (non-hydrogen) atoms. The smallest absolute Gasteiger partial charge is 0.230 e. The van der Waals surface area contributed by atoms with E-state index in [-0.39, 0.29) is 11.7 Å². The maximum Gasteiger partial charge on any atom is 0.230 e. The molecule has 0 aliphatic heterocycles. The van der Waals surface area contributed by atoms with Crippen molar-refractivity contribution in [2.75, 3.05) is 0 Å². The number of hydrogen-bond acceptors (Lipinski definition) is 4. The molecule has 0 amide bonds. The Morgan fingerprint density at radius 2 is 1.68 bits per heavy atom. The molecule has 1 aliphatic rings. The molecule has 4 nitrogen and oxygen atoms in total. The topological polar surface area (TPSA) is 51.0 Å². The number of hydrogen-bond donors (Lipinski definition) is 1. The van der Waals surface area contributed by atoms with E-state index in [2.05, 4.69) is 64.8 Å². The van der Waals surface area contributed by atoms with Gasteiger partial charge in [-0.3, -0.25) is 0 Å². The molecule has 1 N–H and O–H groups in total. The lowest BCUT2D eigenvalue weighted by molar-refractivity contribution is 0.274. The van der Waals surface area contributed by atoms with Gasteiger partial charge in [0, 0.05) is 23.6 Å². The van der Waals surface area contributed by atoms with Crippen LogP contribution in [-0.4, -0.2) is 16.2 Å². The second-order valence-corrected chi connectivity index (χ2v) is 8.47. The quantitative estimate of drug-likeness (QED) is 0.409. The van der Waals surface area contributed by atoms with E-state index >= 15 is 0 Å². The minimum Gasteiger partial charge on any atom is -0.339 e. The van der Waals surface area contributed by atoms with Crippen LogP contribution in [0.1, 0.15) is 56.0 Å². The highest BCUT2D eigenvalue weighted by Gasteiger charge is 2.27. The summed E-state index contributed by atoms with van der Waals surface area (Å²) in [5.74, 6) is 1.24. The minimum atomic E-state index is -0.268. The number of nitrogens with zero attached hydrogens (tertiary/aromatic N) is 2. The third-order valence-electron chi connectivity index (χ3n) is 6.40. The molecule has 1 unspecified atom stereocenters. The first-order chi connectivity index (χ1) is 15.2. The zero-order chi connectivity index (χ0) is 21.2. The fourth-order valence-corrected chi connectivity index (χ4v) is 4.70. The molecule has 1 aromatic heterocycles. The van der Waals surface area contributed by atoms with Crippen LogP contribution >= 0.6 is 0 Å². The summed E-state index contributed by atoms with van der Waals surface area (Å²) in [5.41, 5.74) is 2.12. The zero-order valence-electron chi connectivity index (χ0n) is 17.6. The van der Waals surface area contributed by atoms with Gasteiger partial charge >= 0.3 is 0 Å². The van der Waals surface area contributed by atoms with E-state index in [9.17, 15) is 4.39 Å². The van der Waals surface area contributed by atoms with Crippen molar-refractivity contribution >= 4 is 10.8 Å². The summed E-state index contributed by atoms with van der Waals surface area (Å²) in [7, 11) is 0. The number of benzene rings is 3. The summed E-state index contributed by atoms with van der Waals surface area (Å²) < 4.78 is 18.7. The first kappa shape index (κ1) is 19.9. The maximum absolute atomic E-state index is 13.1. The van der Waals surface area contributed by atoms with E-state index in [0.717, 1.165) is 31.2 Å². The third-order valence-corrected chi connectivity index (χ3v) is 6.40. The van der Waals surface area contributed by atoms with Crippen molar-refractivity contribution in [2.45, 2.75) is 50.6 Å². The molecule has 0 saturated heterocycles. The van der Waals surface area contributed by atoms with Crippen LogP contribution in [0.15, 0.2) is 71.3 Å². The highest BCUT2D eigenvalue weighted by molar-refractivity contribution is 5.86. The van der Waals surface area contributed by atoms with E-state index in [0.29, 0.717) is 23.8 Å². The molecule has 1 heterocycles. The second kappa shape index (κ2) is 8.60. The molecular formula is C26H26FN3O. The van der Waals surface area contributed by atoms with Crippen molar-refractivity contribution in [1.82, 2.24) is 15.5 Å². The predicted molar refractivity (Wildman–Crippen MR) is 120 cm³/mol. The largest absolute Gasteiger partial charge is 0.339 e. The van der Waals surface area contributed by atoms with Crippen LogP contribution in [0.2, 0.25) is 0 Å². The normalized spacial score (nSPS) is 20.1. The molecule has 0 spiro atoms. The number of halogens is 1. The maximum atomic E-state index is 13.1. The van der Waals surface area contributed by atoms with Crippen molar-refractivity contribution in [2.24, 2.45) is 0 Å². The standard InChI is InChI=1S/C26H26FN3O/c1-17(23-8-4-6-18-5-2-3-7-24(18)23)28-22-15-11-20(12-16-22)26-29-25(30-31-26)19-9-13-21(27)14-10-19/h2-10,13-14,17,20,22,28H,11-12,15-16H2,1H3. The molecule has 158 valence electrons. The Kier molecular flexibility index (Phi) is 5.51. The molecule has 3 aromatic carbocycles. The molecule has 1 saturated carbocycles. The average Bonchev–Trinajstić information content (AvgIpc) is 3.30. The summed E-state index contributed by atoms with van der Waals surface area (Å²) >= 11 is 0. The van der Waals surface area contributed by atoms with Gasteiger partial charge in [-0.05, 0) is 73.2 Å². The van der Waals surface area contributed by atoms with Crippen LogP contribution < -0.4 is 5.32 Å². The first-order valence-electron chi connectivity index (χ1n) is 11.0. The second-order valence-electron chi connectivity index (χ2n) is 8.47. The van der Waals surface area contributed by atoms with Crippen molar-refractivity contribution in [3.05, 3.63) is 84.0 Å². The van der Waals surface area contributed by atoms with Crippen molar-refractivity contribution in [3.8, 4) is 11.4 Å². The predicted octanol–water partition coefficient (Wildman–Crippen LogP) is 6.41. The van der Waals surface area contributed by atoms with E-state index in [1.165, 1.54) is 28.5 Å². The van der Waals surface area contributed by atoms with Gasteiger partial charge < -0.3 is 9.84 Å². The van der Waals surface area contributed by atoms with Gasteiger partial charge in [0.1, 0.15) is 5.82 Å². The molecule has 4 aromatic rings. The summed E-state index contributed by atoms with van der Waals surface area (Å²) in [6, 6.07) is 22.1. The number of nitrogens with one attached hydrogen (secondary N) is 1. The SMILES string of the molecule is CC(NC1CCC(c2nc(-c3ccc(F)cc3)no2)CC1)c1cccc2ccccc12. The fourth-order valence-electron chi connectivity index (χ4n) is 4.70. The highest BCUT2D eigenvalue weighted by Crippen LogP contribution is 2.34.